The molecule has 0 fully saturated rings. The molecule has 112 valence electrons. The van der Waals surface area contributed by atoms with Crippen molar-refractivity contribution in [3.05, 3.63) is 12.4 Å². The highest BCUT2D eigenvalue weighted by atomic mass is 32.2. The zero-order valence-electron chi connectivity index (χ0n) is 11.3. The van der Waals surface area contributed by atoms with E-state index < -0.39 is 10.0 Å². The SMILES string of the molecule is CC(C)NC(=O)CCNS(=O)(=O)c1cnc(NN)nc1. The standard InChI is InChI=1S/C10H18N6O3S/c1-7(2)15-9(17)3-4-14-20(18,19)8-5-12-10(16-11)13-6-8/h5-7,14H,3-4,11H2,1-2H3,(H,15,17)(H,12,13,16). The number of nitrogens with zero attached hydrogens (tertiary/aromatic N) is 2. The molecule has 0 atom stereocenters. The predicted octanol–water partition coefficient (Wildman–Crippen LogP) is -1.04. The topological polar surface area (TPSA) is 139 Å². The van der Waals surface area contributed by atoms with Gasteiger partial charge in [-0.1, -0.05) is 0 Å². The normalized spacial score (nSPS) is 11.4. The van der Waals surface area contributed by atoms with E-state index in [1.165, 1.54) is 0 Å². The number of anilines is 1. The molecule has 1 aromatic heterocycles. The smallest absolute Gasteiger partial charge is 0.243 e. The fourth-order valence-electron chi connectivity index (χ4n) is 1.31. The summed E-state index contributed by atoms with van der Waals surface area (Å²) in [4.78, 5) is 18.7. The Hall–Kier alpha value is -1.78. The number of nitrogens with one attached hydrogen (secondary N) is 3. The van der Waals surface area contributed by atoms with E-state index in [1.807, 2.05) is 13.8 Å². The van der Waals surface area contributed by atoms with E-state index in [0.717, 1.165) is 12.4 Å². The van der Waals surface area contributed by atoms with Crippen molar-refractivity contribution < 1.29 is 13.2 Å². The summed E-state index contributed by atoms with van der Waals surface area (Å²) < 4.78 is 26.0. The Morgan fingerprint density at radius 1 is 1.35 bits per heavy atom. The Balaban J connectivity index is 2.55. The first kappa shape index (κ1) is 16.3. The molecule has 20 heavy (non-hydrogen) atoms. The van der Waals surface area contributed by atoms with E-state index in [-0.39, 0.29) is 35.8 Å². The van der Waals surface area contributed by atoms with Gasteiger partial charge in [-0.25, -0.2) is 29.0 Å². The minimum absolute atomic E-state index is 0.00221. The zero-order valence-corrected chi connectivity index (χ0v) is 12.1. The van der Waals surface area contributed by atoms with E-state index in [1.54, 1.807) is 0 Å². The summed E-state index contributed by atoms with van der Waals surface area (Å²) in [6, 6.07) is 0.0174. The second kappa shape index (κ2) is 7.12. The van der Waals surface area contributed by atoms with Gasteiger partial charge in [0.05, 0.1) is 12.4 Å². The lowest BCUT2D eigenvalue weighted by Gasteiger charge is -2.09. The number of hydrazine groups is 1. The number of sulfonamides is 1. The molecule has 0 saturated carbocycles. The fourth-order valence-corrected chi connectivity index (χ4v) is 2.23. The maximum absolute atomic E-state index is 11.9. The highest BCUT2D eigenvalue weighted by Gasteiger charge is 2.15. The van der Waals surface area contributed by atoms with Crippen LogP contribution in [-0.4, -0.2) is 36.9 Å². The molecule has 0 bridgehead atoms. The number of hydrogen-bond acceptors (Lipinski definition) is 7. The van der Waals surface area contributed by atoms with Crippen molar-refractivity contribution in [1.82, 2.24) is 20.0 Å². The van der Waals surface area contributed by atoms with Crippen LogP contribution in [0.1, 0.15) is 20.3 Å². The van der Waals surface area contributed by atoms with Crippen LogP contribution in [-0.2, 0) is 14.8 Å². The first-order chi connectivity index (χ1) is 9.35. The molecule has 0 aliphatic rings. The van der Waals surface area contributed by atoms with Gasteiger partial charge in [-0.15, -0.1) is 0 Å². The van der Waals surface area contributed by atoms with Gasteiger partial charge in [0, 0.05) is 19.0 Å². The minimum atomic E-state index is -3.73. The quantitative estimate of drug-likeness (QED) is 0.372. The number of rotatable bonds is 7. The van der Waals surface area contributed by atoms with Crippen LogP contribution < -0.4 is 21.3 Å². The molecule has 5 N–H and O–H groups in total. The number of carbonyl (C=O) groups excluding carboxylic acids is 1. The fraction of sp³-hybridized carbons (Fsp3) is 0.500. The van der Waals surface area contributed by atoms with Crippen LogP contribution in [0.3, 0.4) is 0 Å². The summed E-state index contributed by atoms with van der Waals surface area (Å²) >= 11 is 0. The molecule has 9 nitrogen and oxygen atoms in total. The number of nitrogen functional groups attached to an aromatic ring is 1. The molecule has 0 unspecified atom stereocenters. The molecule has 0 spiro atoms. The van der Waals surface area contributed by atoms with Crippen LogP contribution in [0, 0.1) is 0 Å². The largest absolute Gasteiger partial charge is 0.354 e. The molecule has 0 saturated heterocycles. The zero-order chi connectivity index (χ0) is 15.2. The van der Waals surface area contributed by atoms with Gasteiger partial charge in [-0.05, 0) is 13.8 Å². The van der Waals surface area contributed by atoms with Gasteiger partial charge in [-0.2, -0.15) is 0 Å². The van der Waals surface area contributed by atoms with Gasteiger partial charge in [0.25, 0.3) is 0 Å². The summed E-state index contributed by atoms with van der Waals surface area (Å²) in [6.07, 6.45) is 2.30. The lowest BCUT2D eigenvalue weighted by Crippen LogP contribution is -2.34. The predicted molar refractivity (Wildman–Crippen MR) is 72.9 cm³/mol. The number of nitrogens with two attached hydrogens (primary N) is 1. The van der Waals surface area contributed by atoms with Crippen LogP contribution in [0.25, 0.3) is 0 Å². The van der Waals surface area contributed by atoms with E-state index in [4.69, 9.17) is 5.84 Å². The van der Waals surface area contributed by atoms with Crippen molar-refractivity contribution in [3.63, 3.8) is 0 Å². The Bertz CT molecular complexity index is 543. The average Bonchev–Trinajstić information content (AvgIpc) is 2.37. The minimum Gasteiger partial charge on any atom is -0.354 e. The number of carbonyl (C=O) groups is 1. The first-order valence-electron chi connectivity index (χ1n) is 5.93. The second-order valence-corrected chi connectivity index (χ2v) is 6.02. The maximum atomic E-state index is 11.9. The van der Waals surface area contributed by atoms with Crippen molar-refractivity contribution in [2.45, 2.75) is 31.2 Å². The van der Waals surface area contributed by atoms with Crippen molar-refractivity contribution in [3.8, 4) is 0 Å². The lowest BCUT2D eigenvalue weighted by atomic mass is 10.3. The Morgan fingerprint density at radius 3 is 2.45 bits per heavy atom. The van der Waals surface area contributed by atoms with Crippen molar-refractivity contribution in [2.75, 3.05) is 12.0 Å². The Morgan fingerprint density at radius 2 is 1.95 bits per heavy atom. The van der Waals surface area contributed by atoms with E-state index in [2.05, 4.69) is 25.4 Å². The lowest BCUT2D eigenvalue weighted by molar-refractivity contribution is -0.121. The molecule has 1 rings (SSSR count). The van der Waals surface area contributed by atoms with Crippen LogP contribution in [0.5, 0.6) is 0 Å². The molecular formula is C10H18N6O3S. The summed E-state index contributed by atoms with van der Waals surface area (Å²) in [6.45, 7) is 3.65. The van der Waals surface area contributed by atoms with Gasteiger partial charge >= 0.3 is 0 Å². The van der Waals surface area contributed by atoms with E-state index in [9.17, 15) is 13.2 Å². The molecule has 1 aromatic rings. The van der Waals surface area contributed by atoms with Crippen LogP contribution in [0.2, 0.25) is 0 Å². The molecule has 10 heteroatoms. The van der Waals surface area contributed by atoms with Crippen molar-refractivity contribution in [1.29, 1.82) is 0 Å². The van der Waals surface area contributed by atoms with E-state index in [0.29, 0.717) is 0 Å². The molecule has 0 radical (unpaired) electrons. The summed E-state index contributed by atoms with van der Waals surface area (Å²) in [7, 11) is -3.73. The number of amides is 1. The molecule has 1 amide bonds. The van der Waals surface area contributed by atoms with Gasteiger partial charge < -0.3 is 5.32 Å². The first-order valence-corrected chi connectivity index (χ1v) is 7.41. The Labute approximate surface area is 117 Å². The third-order valence-electron chi connectivity index (χ3n) is 2.16. The van der Waals surface area contributed by atoms with Crippen LogP contribution in [0.4, 0.5) is 5.95 Å². The molecular weight excluding hydrogens is 284 g/mol. The molecule has 1 heterocycles. The van der Waals surface area contributed by atoms with Gasteiger partial charge in [0.2, 0.25) is 21.9 Å². The Kier molecular flexibility index (Phi) is 5.80. The van der Waals surface area contributed by atoms with Crippen LogP contribution in [0.15, 0.2) is 17.3 Å². The van der Waals surface area contributed by atoms with Gasteiger partial charge in [0.15, 0.2) is 0 Å². The second-order valence-electron chi connectivity index (χ2n) is 4.26. The highest BCUT2D eigenvalue weighted by Crippen LogP contribution is 2.06. The van der Waals surface area contributed by atoms with Gasteiger partial charge in [0.1, 0.15) is 4.90 Å². The average molecular weight is 302 g/mol. The van der Waals surface area contributed by atoms with Crippen LogP contribution >= 0.6 is 0 Å². The number of aromatic nitrogens is 2. The van der Waals surface area contributed by atoms with Gasteiger partial charge in [-0.3, -0.25) is 10.2 Å². The third-order valence-corrected chi connectivity index (χ3v) is 3.58. The van der Waals surface area contributed by atoms with Crippen molar-refractivity contribution >= 4 is 21.9 Å². The summed E-state index contributed by atoms with van der Waals surface area (Å²) in [5.74, 6) is 4.97. The third kappa shape index (κ3) is 5.07. The highest BCUT2D eigenvalue weighted by molar-refractivity contribution is 7.89. The maximum Gasteiger partial charge on any atom is 0.243 e. The summed E-state index contributed by atoms with van der Waals surface area (Å²) in [5.41, 5.74) is 2.19. The van der Waals surface area contributed by atoms with E-state index >= 15 is 0 Å². The number of hydrogen-bond donors (Lipinski definition) is 4. The van der Waals surface area contributed by atoms with Crippen molar-refractivity contribution in [2.24, 2.45) is 5.84 Å². The molecule has 0 aliphatic carbocycles. The molecule has 0 aromatic carbocycles. The monoisotopic (exact) mass is 302 g/mol. The molecule has 0 aliphatic heterocycles. The summed E-state index contributed by atoms with van der Waals surface area (Å²) in [5, 5.41) is 2.66.